The summed E-state index contributed by atoms with van der Waals surface area (Å²) in [4.78, 5) is 3.74. The lowest BCUT2D eigenvalue weighted by molar-refractivity contribution is 0.201. The zero-order chi connectivity index (χ0) is 7.61. The molecule has 0 aromatic carbocycles. The Balaban J connectivity index is 2.57. The molecule has 0 saturated carbocycles. The van der Waals surface area contributed by atoms with Crippen LogP contribution >= 0.6 is 0 Å². The minimum Gasteiger partial charge on any atom is -0.437 e. The number of hydrogen-bond donors (Lipinski definition) is 0. The summed E-state index contributed by atoms with van der Waals surface area (Å²) in [6.07, 6.45) is 3.99. The fourth-order valence-electron chi connectivity index (χ4n) is 0.660. The zero-order valence-corrected chi connectivity index (χ0v) is 6.02. The third-order valence-electron chi connectivity index (χ3n) is 1.01. The molecule has 2 nitrogen and oxygen atoms in total. The zero-order valence-electron chi connectivity index (χ0n) is 6.02. The molecule has 0 saturated heterocycles. The van der Waals surface area contributed by atoms with E-state index in [4.69, 9.17) is 4.42 Å². The van der Waals surface area contributed by atoms with Crippen molar-refractivity contribution in [1.82, 2.24) is 4.98 Å². The summed E-state index contributed by atoms with van der Waals surface area (Å²) < 4.78 is 17.6. The van der Waals surface area contributed by atoms with Crippen molar-refractivity contribution in [2.24, 2.45) is 0 Å². The molecule has 3 heteroatoms. The van der Waals surface area contributed by atoms with E-state index in [0.29, 0.717) is 5.89 Å². The Morgan fingerprint density at radius 1 is 1.80 bits per heavy atom. The van der Waals surface area contributed by atoms with E-state index in [0.717, 1.165) is 0 Å². The lowest BCUT2D eigenvalue weighted by Gasteiger charge is -2.09. The molecule has 0 bridgehead atoms. The highest BCUT2D eigenvalue weighted by Gasteiger charge is 2.18. The van der Waals surface area contributed by atoms with Crippen LogP contribution in [0, 0.1) is 6.26 Å². The second-order valence-corrected chi connectivity index (χ2v) is 2.77. The molecular formula is C7H9FNO. The molecule has 0 amide bonds. The van der Waals surface area contributed by atoms with Gasteiger partial charge in [-0.25, -0.2) is 9.37 Å². The van der Waals surface area contributed by atoms with Gasteiger partial charge in [0.1, 0.15) is 5.67 Å². The van der Waals surface area contributed by atoms with E-state index in [1.807, 2.05) is 0 Å². The van der Waals surface area contributed by atoms with Gasteiger partial charge in [-0.2, -0.15) is 0 Å². The molecule has 0 atom stereocenters. The number of oxazole rings is 1. The molecule has 0 fully saturated rings. The average molecular weight is 142 g/mol. The molecule has 1 rings (SSSR count). The highest BCUT2D eigenvalue weighted by atomic mass is 19.1. The number of nitrogens with zero attached hydrogens (tertiary/aromatic N) is 1. The SMILES string of the molecule is CC(C)(F)Cc1nc[c]o1. The summed E-state index contributed by atoms with van der Waals surface area (Å²) in [7, 11) is 0. The molecule has 1 aromatic heterocycles. The van der Waals surface area contributed by atoms with Crippen molar-refractivity contribution in [2.75, 3.05) is 0 Å². The Labute approximate surface area is 59.1 Å². The van der Waals surface area contributed by atoms with E-state index in [1.165, 1.54) is 20.0 Å². The van der Waals surface area contributed by atoms with Crippen LogP contribution in [-0.2, 0) is 6.42 Å². The van der Waals surface area contributed by atoms with E-state index in [9.17, 15) is 4.39 Å². The predicted molar refractivity (Wildman–Crippen MR) is 34.2 cm³/mol. The van der Waals surface area contributed by atoms with Crippen molar-refractivity contribution in [3.63, 3.8) is 0 Å². The van der Waals surface area contributed by atoms with Crippen molar-refractivity contribution < 1.29 is 8.81 Å². The van der Waals surface area contributed by atoms with Crippen molar-refractivity contribution in [3.8, 4) is 0 Å². The molecule has 10 heavy (non-hydrogen) atoms. The lowest BCUT2D eigenvalue weighted by atomic mass is 10.1. The van der Waals surface area contributed by atoms with Crippen LogP contribution in [0.4, 0.5) is 4.39 Å². The summed E-state index contributed by atoms with van der Waals surface area (Å²) >= 11 is 0. The van der Waals surface area contributed by atoms with Crippen molar-refractivity contribution in [3.05, 3.63) is 18.4 Å². The smallest absolute Gasteiger partial charge is 0.198 e. The van der Waals surface area contributed by atoms with Crippen LogP contribution < -0.4 is 0 Å². The van der Waals surface area contributed by atoms with Crippen LogP contribution in [0.3, 0.4) is 0 Å². The van der Waals surface area contributed by atoms with E-state index in [1.54, 1.807) is 0 Å². The second kappa shape index (κ2) is 2.40. The molecule has 0 aliphatic heterocycles. The van der Waals surface area contributed by atoms with Gasteiger partial charge in [-0.3, -0.25) is 0 Å². The molecule has 55 valence electrons. The van der Waals surface area contributed by atoms with Gasteiger partial charge in [-0.15, -0.1) is 0 Å². The standard InChI is InChI=1S/C7H9FNO/c1-7(2,8)5-6-9-3-4-10-6/h3H,5H2,1-2H3. The van der Waals surface area contributed by atoms with Crippen LogP contribution in [0.5, 0.6) is 0 Å². The van der Waals surface area contributed by atoms with Gasteiger partial charge in [-0.1, -0.05) is 0 Å². The normalized spacial score (nSPS) is 11.9. The van der Waals surface area contributed by atoms with Gasteiger partial charge in [0.25, 0.3) is 0 Å². The number of halogens is 1. The van der Waals surface area contributed by atoms with E-state index in [-0.39, 0.29) is 6.42 Å². The summed E-state index contributed by atoms with van der Waals surface area (Å²) in [6.45, 7) is 2.97. The third-order valence-corrected chi connectivity index (χ3v) is 1.01. The van der Waals surface area contributed by atoms with Crippen LogP contribution in [0.1, 0.15) is 19.7 Å². The molecule has 0 aliphatic rings. The minimum atomic E-state index is -1.25. The molecule has 1 aromatic rings. The highest BCUT2D eigenvalue weighted by molar-refractivity contribution is 4.86. The van der Waals surface area contributed by atoms with Gasteiger partial charge < -0.3 is 4.42 Å². The highest BCUT2D eigenvalue weighted by Crippen LogP contribution is 2.14. The summed E-state index contributed by atoms with van der Waals surface area (Å²) in [5.74, 6) is 0.396. The maximum absolute atomic E-state index is 12.8. The van der Waals surface area contributed by atoms with E-state index in [2.05, 4.69) is 11.2 Å². The summed E-state index contributed by atoms with van der Waals surface area (Å²) in [5.41, 5.74) is -1.25. The number of rotatable bonds is 2. The van der Waals surface area contributed by atoms with Gasteiger partial charge in [-0.05, 0) is 13.8 Å². The van der Waals surface area contributed by atoms with Gasteiger partial charge in [0.2, 0.25) is 0 Å². The van der Waals surface area contributed by atoms with Crippen LogP contribution in [-0.4, -0.2) is 10.7 Å². The van der Waals surface area contributed by atoms with E-state index < -0.39 is 5.67 Å². The first-order valence-corrected chi connectivity index (χ1v) is 3.07. The first-order valence-electron chi connectivity index (χ1n) is 3.07. The number of aromatic nitrogens is 1. The van der Waals surface area contributed by atoms with Crippen molar-refractivity contribution in [1.29, 1.82) is 0 Å². The molecule has 0 unspecified atom stereocenters. The minimum absolute atomic E-state index is 0.205. The quantitative estimate of drug-likeness (QED) is 0.628. The molecule has 1 radical (unpaired) electrons. The molecule has 0 aliphatic carbocycles. The first-order chi connectivity index (χ1) is 4.58. The Morgan fingerprint density at radius 2 is 2.50 bits per heavy atom. The van der Waals surface area contributed by atoms with Crippen molar-refractivity contribution in [2.45, 2.75) is 25.9 Å². The Hall–Kier alpha value is -0.860. The van der Waals surface area contributed by atoms with Crippen LogP contribution in [0.15, 0.2) is 10.6 Å². The fraction of sp³-hybridized carbons (Fsp3) is 0.571. The third kappa shape index (κ3) is 2.17. The van der Waals surface area contributed by atoms with Gasteiger partial charge in [0, 0.05) is 0 Å². The molecule has 0 N–H and O–H groups in total. The molecular weight excluding hydrogens is 133 g/mol. The van der Waals surface area contributed by atoms with Crippen LogP contribution in [0.25, 0.3) is 0 Å². The van der Waals surface area contributed by atoms with Crippen molar-refractivity contribution >= 4 is 0 Å². The Bertz CT molecular complexity index is 188. The fourth-order valence-corrected chi connectivity index (χ4v) is 0.660. The summed E-state index contributed by atoms with van der Waals surface area (Å²) in [6, 6.07) is 0. The molecule has 0 spiro atoms. The van der Waals surface area contributed by atoms with Crippen LogP contribution in [0.2, 0.25) is 0 Å². The number of alkyl halides is 1. The summed E-state index contributed by atoms with van der Waals surface area (Å²) in [5, 5.41) is 0. The van der Waals surface area contributed by atoms with Gasteiger partial charge in [0.15, 0.2) is 12.2 Å². The van der Waals surface area contributed by atoms with Gasteiger partial charge >= 0.3 is 0 Å². The Kier molecular flexibility index (Phi) is 1.74. The average Bonchev–Trinajstić information content (AvgIpc) is 2.12. The van der Waals surface area contributed by atoms with E-state index >= 15 is 0 Å². The first kappa shape index (κ1) is 7.25. The largest absolute Gasteiger partial charge is 0.437 e. The number of hydrogen-bond acceptors (Lipinski definition) is 2. The second-order valence-electron chi connectivity index (χ2n) is 2.77. The topological polar surface area (TPSA) is 26.0 Å². The predicted octanol–water partition coefficient (Wildman–Crippen LogP) is 1.77. The maximum atomic E-state index is 12.8. The van der Waals surface area contributed by atoms with Gasteiger partial charge in [0.05, 0.1) is 12.6 Å². The maximum Gasteiger partial charge on any atom is 0.198 e. The lowest BCUT2D eigenvalue weighted by Crippen LogP contribution is -2.15. The Morgan fingerprint density at radius 3 is 2.90 bits per heavy atom. The monoisotopic (exact) mass is 142 g/mol. The molecule has 1 heterocycles.